The van der Waals surface area contributed by atoms with Crippen LogP contribution in [-0.2, 0) is 17.6 Å². The molecule has 0 saturated heterocycles. The summed E-state index contributed by atoms with van der Waals surface area (Å²) in [5.74, 6) is 0.0326. The van der Waals surface area contributed by atoms with E-state index in [1.54, 1.807) is 0 Å². The van der Waals surface area contributed by atoms with Crippen LogP contribution < -0.4 is 11.1 Å². The van der Waals surface area contributed by atoms with Gasteiger partial charge in [0.25, 0.3) is 0 Å². The molecule has 3 heteroatoms. The second-order valence-corrected chi connectivity index (χ2v) is 5.81. The number of rotatable bonds is 7. The second kappa shape index (κ2) is 14.7. The van der Waals surface area contributed by atoms with Crippen molar-refractivity contribution in [2.24, 2.45) is 5.73 Å². The Morgan fingerprint density at radius 2 is 1.62 bits per heavy atom. The van der Waals surface area contributed by atoms with Gasteiger partial charge in [-0.05, 0) is 51.7 Å². The molecule has 0 aromatic heterocycles. The third-order valence-corrected chi connectivity index (χ3v) is 2.92. The van der Waals surface area contributed by atoms with Crippen molar-refractivity contribution in [3.8, 4) is 0 Å². The maximum atomic E-state index is 11.0. The van der Waals surface area contributed by atoms with Crippen molar-refractivity contribution in [2.75, 3.05) is 0 Å². The third kappa shape index (κ3) is 13.8. The lowest BCUT2D eigenvalue weighted by molar-refractivity contribution is -0.118. The fraction of sp³-hybridized carbons (Fsp3) is 0.476. The minimum Gasteiger partial charge on any atom is -0.387 e. The average Bonchev–Trinajstić information content (AvgIpc) is 2.50. The van der Waals surface area contributed by atoms with Gasteiger partial charge in [-0.25, -0.2) is 0 Å². The van der Waals surface area contributed by atoms with E-state index in [4.69, 9.17) is 5.73 Å². The number of allylic oxidation sites excluding steroid dienone is 2. The Labute approximate surface area is 149 Å². The van der Waals surface area contributed by atoms with Gasteiger partial charge in [-0.1, -0.05) is 50.8 Å². The van der Waals surface area contributed by atoms with Crippen LogP contribution in [0.5, 0.6) is 0 Å². The van der Waals surface area contributed by atoms with E-state index in [-0.39, 0.29) is 11.8 Å². The van der Waals surface area contributed by atoms with Crippen LogP contribution in [0.15, 0.2) is 49.2 Å². The standard InChI is InChI=1S/C13H17NO.C6H13N.C2H6/c1-3-4-11-5-7-12(8-6-11)9-13(14)10(2)15;1-5(2)7-6(3)4;1-2/h3,5-8,13H,1,4,9,14H2,2H3;6-7H,1H2,2-4H3;1-2H3. The van der Waals surface area contributed by atoms with Gasteiger partial charge in [0.1, 0.15) is 5.78 Å². The van der Waals surface area contributed by atoms with Gasteiger partial charge in [0, 0.05) is 11.7 Å². The minimum absolute atomic E-state index is 0.0326. The van der Waals surface area contributed by atoms with Crippen LogP contribution in [-0.4, -0.2) is 17.9 Å². The van der Waals surface area contributed by atoms with Crippen LogP contribution in [0.3, 0.4) is 0 Å². The SMILES string of the molecule is C=C(C)NC(C)C.C=CCc1ccc(CC(N)C(C)=O)cc1.CC. The molecule has 1 unspecified atom stereocenters. The highest BCUT2D eigenvalue weighted by molar-refractivity contribution is 5.81. The first-order chi connectivity index (χ1) is 11.3. The Bertz CT molecular complexity index is 475. The van der Waals surface area contributed by atoms with E-state index >= 15 is 0 Å². The molecule has 0 saturated carbocycles. The first-order valence-electron chi connectivity index (χ1n) is 8.63. The number of Topliss-reactive ketones (excluding diaryl/α,β-unsaturated/α-hetero) is 1. The molecule has 0 heterocycles. The van der Waals surface area contributed by atoms with Gasteiger partial charge in [-0.2, -0.15) is 0 Å². The van der Waals surface area contributed by atoms with Crippen molar-refractivity contribution >= 4 is 5.78 Å². The van der Waals surface area contributed by atoms with Crippen LogP contribution in [0.4, 0.5) is 0 Å². The van der Waals surface area contributed by atoms with Crippen molar-refractivity contribution < 1.29 is 4.79 Å². The van der Waals surface area contributed by atoms with E-state index in [9.17, 15) is 4.79 Å². The summed E-state index contributed by atoms with van der Waals surface area (Å²) in [5, 5.41) is 3.11. The van der Waals surface area contributed by atoms with Gasteiger partial charge in [0.2, 0.25) is 0 Å². The summed E-state index contributed by atoms with van der Waals surface area (Å²) in [6, 6.07) is 8.27. The Morgan fingerprint density at radius 3 is 1.92 bits per heavy atom. The monoisotopic (exact) mass is 332 g/mol. The van der Waals surface area contributed by atoms with E-state index < -0.39 is 0 Å². The number of benzene rings is 1. The molecule has 0 bridgehead atoms. The molecule has 1 rings (SSSR count). The smallest absolute Gasteiger partial charge is 0.146 e. The van der Waals surface area contributed by atoms with Crippen LogP contribution in [0.25, 0.3) is 0 Å². The third-order valence-electron chi connectivity index (χ3n) is 2.92. The molecule has 1 aromatic carbocycles. The molecule has 0 aliphatic rings. The highest BCUT2D eigenvalue weighted by Crippen LogP contribution is 2.07. The normalized spacial score (nSPS) is 10.5. The predicted octanol–water partition coefficient (Wildman–Crippen LogP) is 4.42. The Kier molecular flexibility index (Phi) is 14.9. The van der Waals surface area contributed by atoms with Crippen LogP contribution in [0, 0.1) is 0 Å². The summed E-state index contributed by atoms with van der Waals surface area (Å²) >= 11 is 0. The second-order valence-electron chi connectivity index (χ2n) is 5.81. The molecule has 3 nitrogen and oxygen atoms in total. The fourth-order valence-electron chi connectivity index (χ4n) is 1.87. The van der Waals surface area contributed by atoms with E-state index in [0.717, 1.165) is 17.7 Å². The zero-order chi connectivity index (χ0) is 19.1. The average molecular weight is 333 g/mol. The van der Waals surface area contributed by atoms with Crippen molar-refractivity contribution in [3.05, 3.63) is 60.3 Å². The minimum atomic E-state index is -0.379. The molecule has 1 aromatic rings. The Balaban J connectivity index is 0. The van der Waals surface area contributed by atoms with Crippen molar-refractivity contribution in [1.29, 1.82) is 0 Å². The number of ketones is 1. The summed E-state index contributed by atoms with van der Waals surface area (Å²) in [6.07, 6.45) is 3.36. The largest absolute Gasteiger partial charge is 0.387 e. The topological polar surface area (TPSA) is 55.1 Å². The van der Waals surface area contributed by atoms with Crippen molar-refractivity contribution in [3.63, 3.8) is 0 Å². The molecule has 0 amide bonds. The first-order valence-corrected chi connectivity index (χ1v) is 8.63. The van der Waals surface area contributed by atoms with Gasteiger partial charge < -0.3 is 11.1 Å². The van der Waals surface area contributed by atoms with E-state index in [0.29, 0.717) is 12.5 Å². The summed E-state index contributed by atoms with van der Waals surface area (Å²) in [7, 11) is 0. The van der Waals surface area contributed by atoms with Crippen LogP contribution in [0.1, 0.15) is 52.7 Å². The summed E-state index contributed by atoms with van der Waals surface area (Å²) in [5.41, 5.74) is 9.05. The maximum absolute atomic E-state index is 11.0. The van der Waals surface area contributed by atoms with Gasteiger partial charge in [0.05, 0.1) is 6.04 Å². The highest BCUT2D eigenvalue weighted by Gasteiger charge is 2.08. The van der Waals surface area contributed by atoms with Crippen LogP contribution >= 0.6 is 0 Å². The summed E-state index contributed by atoms with van der Waals surface area (Å²) in [6.45, 7) is 19.0. The summed E-state index contributed by atoms with van der Waals surface area (Å²) < 4.78 is 0. The zero-order valence-corrected chi connectivity index (χ0v) is 16.4. The van der Waals surface area contributed by atoms with Gasteiger partial charge in [-0.15, -0.1) is 6.58 Å². The molecule has 24 heavy (non-hydrogen) atoms. The molecular weight excluding hydrogens is 296 g/mol. The predicted molar refractivity (Wildman–Crippen MR) is 107 cm³/mol. The quantitative estimate of drug-likeness (QED) is 0.727. The molecule has 0 aliphatic carbocycles. The lowest BCUT2D eigenvalue weighted by Crippen LogP contribution is -2.30. The molecule has 0 radical (unpaired) electrons. The number of nitrogens with two attached hydrogens (primary N) is 1. The number of carbonyl (C=O) groups excluding carboxylic acids is 1. The van der Waals surface area contributed by atoms with Gasteiger partial charge in [0.15, 0.2) is 0 Å². The van der Waals surface area contributed by atoms with Crippen molar-refractivity contribution in [1.82, 2.24) is 5.32 Å². The van der Waals surface area contributed by atoms with E-state index in [1.807, 2.05) is 51.1 Å². The van der Waals surface area contributed by atoms with Crippen molar-refractivity contribution in [2.45, 2.75) is 66.5 Å². The fourth-order valence-corrected chi connectivity index (χ4v) is 1.87. The number of carbonyl (C=O) groups is 1. The van der Waals surface area contributed by atoms with E-state index in [1.165, 1.54) is 12.5 Å². The Morgan fingerprint density at radius 1 is 1.17 bits per heavy atom. The first kappa shape index (κ1) is 24.4. The Hall–Kier alpha value is -1.87. The van der Waals surface area contributed by atoms with Crippen LogP contribution in [0.2, 0.25) is 0 Å². The maximum Gasteiger partial charge on any atom is 0.146 e. The van der Waals surface area contributed by atoms with E-state index in [2.05, 4.69) is 32.3 Å². The number of hydrogen-bond donors (Lipinski definition) is 2. The molecular formula is C21H36N2O. The van der Waals surface area contributed by atoms with Gasteiger partial charge >= 0.3 is 0 Å². The molecule has 0 spiro atoms. The lowest BCUT2D eigenvalue weighted by Gasteiger charge is -2.07. The molecule has 0 fully saturated rings. The van der Waals surface area contributed by atoms with Gasteiger partial charge in [-0.3, -0.25) is 4.79 Å². The number of hydrogen-bond acceptors (Lipinski definition) is 3. The molecule has 136 valence electrons. The summed E-state index contributed by atoms with van der Waals surface area (Å²) in [4.78, 5) is 11.0. The number of nitrogens with one attached hydrogen (secondary N) is 1. The molecule has 3 N–H and O–H groups in total. The lowest BCUT2D eigenvalue weighted by atomic mass is 10.0. The molecule has 0 aliphatic heterocycles. The zero-order valence-electron chi connectivity index (χ0n) is 16.4. The highest BCUT2D eigenvalue weighted by atomic mass is 16.1. The molecule has 1 atom stereocenters.